The van der Waals surface area contributed by atoms with Crippen molar-refractivity contribution < 1.29 is 9.26 Å². The van der Waals surface area contributed by atoms with E-state index in [0.717, 1.165) is 69.5 Å². The van der Waals surface area contributed by atoms with Crippen LogP contribution in [0.15, 0.2) is 9.52 Å². The number of aromatic nitrogens is 1. The molecular formula is C21H38N4O2. The molecular weight excluding hydrogens is 340 g/mol. The molecule has 1 heterocycles. The Kier molecular flexibility index (Phi) is 9.11. The van der Waals surface area contributed by atoms with Crippen LogP contribution >= 0.6 is 0 Å². The molecule has 154 valence electrons. The van der Waals surface area contributed by atoms with Crippen LogP contribution < -0.4 is 10.6 Å². The van der Waals surface area contributed by atoms with E-state index >= 15 is 0 Å². The summed E-state index contributed by atoms with van der Waals surface area (Å²) in [6, 6.07) is 0. The minimum atomic E-state index is 0.328. The lowest BCUT2D eigenvalue weighted by atomic mass is 9.83. The molecule has 0 radical (unpaired) electrons. The van der Waals surface area contributed by atoms with E-state index in [1.807, 2.05) is 13.8 Å². The second kappa shape index (κ2) is 11.3. The Hall–Kier alpha value is -1.56. The van der Waals surface area contributed by atoms with Crippen LogP contribution in [0.25, 0.3) is 0 Å². The Balaban J connectivity index is 1.83. The van der Waals surface area contributed by atoms with Crippen LogP contribution in [0.3, 0.4) is 0 Å². The Morgan fingerprint density at radius 2 is 2.00 bits per heavy atom. The number of rotatable bonds is 11. The zero-order chi connectivity index (χ0) is 19.5. The van der Waals surface area contributed by atoms with Gasteiger partial charge in [-0.1, -0.05) is 18.0 Å². The van der Waals surface area contributed by atoms with Gasteiger partial charge in [-0.3, -0.25) is 4.99 Å². The number of ether oxygens (including phenoxy) is 1. The molecule has 0 aliphatic heterocycles. The first kappa shape index (κ1) is 21.7. The average molecular weight is 379 g/mol. The molecule has 1 aromatic rings. The summed E-state index contributed by atoms with van der Waals surface area (Å²) in [6.45, 7) is 12.5. The number of guanidine groups is 1. The summed E-state index contributed by atoms with van der Waals surface area (Å²) in [5.41, 5.74) is 2.57. The summed E-state index contributed by atoms with van der Waals surface area (Å²) >= 11 is 0. The molecule has 6 nitrogen and oxygen atoms in total. The lowest BCUT2D eigenvalue weighted by molar-refractivity contribution is 0.107. The molecule has 1 fully saturated rings. The van der Waals surface area contributed by atoms with Crippen LogP contribution in [-0.4, -0.2) is 44.0 Å². The van der Waals surface area contributed by atoms with E-state index in [1.54, 1.807) is 0 Å². The van der Waals surface area contributed by atoms with Gasteiger partial charge in [0.2, 0.25) is 0 Å². The third-order valence-corrected chi connectivity index (χ3v) is 5.64. The van der Waals surface area contributed by atoms with Crippen molar-refractivity contribution in [3.8, 4) is 0 Å². The van der Waals surface area contributed by atoms with Gasteiger partial charge in [-0.2, -0.15) is 0 Å². The number of hydrogen-bond donors (Lipinski definition) is 2. The maximum Gasteiger partial charge on any atom is 0.191 e. The van der Waals surface area contributed by atoms with E-state index in [2.05, 4.69) is 29.6 Å². The maximum atomic E-state index is 5.62. The lowest BCUT2D eigenvalue weighted by Gasteiger charge is -2.27. The molecule has 1 saturated carbocycles. The van der Waals surface area contributed by atoms with Crippen LogP contribution in [0.5, 0.6) is 0 Å². The van der Waals surface area contributed by atoms with E-state index in [1.165, 1.54) is 31.2 Å². The van der Waals surface area contributed by atoms with E-state index in [0.29, 0.717) is 5.41 Å². The highest BCUT2D eigenvalue weighted by Gasteiger charge is 2.33. The van der Waals surface area contributed by atoms with Gasteiger partial charge in [-0.15, -0.1) is 0 Å². The van der Waals surface area contributed by atoms with Gasteiger partial charge < -0.3 is 19.9 Å². The fourth-order valence-corrected chi connectivity index (χ4v) is 3.96. The number of hydrogen-bond acceptors (Lipinski definition) is 4. The zero-order valence-corrected chi connectivity index (χ0v) is 17.7. The van der Waals surface area contributed by atoms with E-state index in [-0.39, 0.29) is 0 Å². The van der Waals surface area contributed by atoms with Crippen LogP contribution in [0.4, 0.5) is 0 Å². The first-order valence-electron chi connectivity index (χ1n) is 10.6. The molecule has 1 aliphatic carbocycles. The minimum absolute atomic E-state index is 0.328. The van der Waals surface area contributed by atoms with Crippen molar-refractivity contribution in [2.45, 2.75) is 72.6 Å². The first-order valence-corrected chi connectivity index (χ1v) is 10.6. The summed E-state index contributed by atoms with van der Waals surface area (Å²) in [5, 5.41) is 10.9. The van der Waals surface area contributed by atoms with Crippen molar-refractivity contribution >= 4 is 5.96 Å². The summed E-state index contributed by atoms with van der Waals surface area (Å²) in [4.78, 5) is 4.92. The molecule has 0 unspecified atom stereocenters. The normalized spacial score (nSPS) is 16.7. The van der Waals surface area contributed by atoms with Gasteiger partial charge in [-0.25, -0.2) is 0 Å². The third kappa shape index (κ3) is 6.83. The van der Waals surface area contributed by atoms with Crippen LogP contribution in [-0.2, 0) is 11.2 Å². The van der Waals surface area contributed by atoms with E-state index in [9.17, 15) is 0 Å². The van der Waals surface area contributed by atoms with E-state index in [4.69, 9.17) is 14.3 Å². The molecule has 0 spiro atoms. The molecule has 0 amide bonds. The summed E-state index contributed by atoms with van der Waals surface area (Å²) < 4.78 is 10.9. The molecule has 1 aromatic heterocycles. The molecule has 0 aromatic carbocycles. The summed E-state index contributed by atoms with van der Waals surface area (Å²) in [5.74, 6) is 1.87. The Bertz CT molecular complexity index is 557. The second-order valence-corrected chi connectivity index (χ2v) is 7.68. The van der Waals surface area contributed by atoms with Gasteiger partial charge >= 0.3 is 0 Å². The average Bonchev–Trinajstić information content (AvgIpc) is 3.25. The predicted octanol–water partition coefficient (Wildman–Crippen LogP) is 3.77. The fraction of sp³-hybridized carbons (Fsp3) is 0.810. The van der Waals surface area contributed by atoms with Crippen molar-refractivity contribution in [3.63, 3.8) is 0 Å². The topological polar surface area (TPSA) is 71.7 Å². The smallest absolute Gasteiger partial charge is 0.191 e. The van der Waals surface area contributed by atoms with Gasteiger partial charge in [0.05, 0.1) is 5.69 Å². The molecule has 27 heavy (non-hydrogen) atoms. The van der Waals surface area contributed by atoms with Gasteiger partial charge in [0.25, 0.3) is 0 Å². The van der Waals surface area contributed by atoms with Crippen molar-refractivity contribution in [1.82, 2.24) is 15.8 Å². The monoisotopic (exact) mass is 378 g/mol. The minimum Gasteiger partial charge on any atom is -0.382 e. The largest absolute Gasteiger partial charge is 0.382 e. The summed E-state index contributed by atoms with van der Waals surface area (Å²) in [6.07, 6.45) is 8.32. The Labute approximate surface area is 164 Å². The number of aryl methyl sites for hydroxylation is 2. The molecule has 0 atom stereocenters. The van der Waals surface area contributed by atoms with Crippen molar-refractivity contribution in [1.29, 1.82) is 0 Å². The van der Waals surface area contributed by atoms with Gasteiger partial charge in [-0.05, 0) is 65.2 Å². The maximum absolute atomic E-state index is 5.62. The molecule has 0 saturated heterocycles. The summed E-state index contributed by atoms with van der Waals surface area (Å²) in [7, 11) is 0. The lowest BCUT2D eigenvalue weighted by Crippen LogP contribution is -2.39. The highest BCUT2D eigenvalue weighted by Crippen LogP contribution is 2.41. The zero-order valence-electron chi connectivity index (χ0n) is 17.7. The molecule has 1 aliphatic rings. The second-order valence-electron chi connectivity index (χ2n) is 7.68. The van der Waals surface area contributed by atoms with E-state index < -0.39 is 0 Å². The standard InChI is InChI=1S/C21H38N4O2/c1-5-22-20(23-14-9-10-19-17(3)25-27-18(19)4)24-16-21(11-7-8-12-21)13-15-26-6-2/h5-16H2,1-4H3,(H2,22,23,24). The third-order valence-electron chi connectivity index (χ3n) is 5.64. The van der Waals surface area contributed by atoms with Gasteiger partial charge in [0, 0.05) is 38.4 Å². The number of nitrogens with zero attached hydrogens (tertiary/aromatic N) is 2. The number of aliphatic imine (C=N–C) groups is 1. The van der Waals surface area contributed by atoms with Crippen molar-refractivity contribution in [2.75, 3.05) is 32.8 Å². The van der Waals surface area contributed by atoms with Crippen molar-refractivity contribution in [3.05, 3.63) is 17.0 Å². The molecule has 2 rings (SSSR count). The molecule has 2 N–H and O–H groups in total. The highest BCUT2D eigenvalue weighted by molar-refractivity contribution is 5.79. The fourth-order valence-electron chi connectivity index (χ4n) is 3.96. The van der Waals surface area contributed by atoms with Gasteiger partial charge in [0.15, 0.2) is 5.96 Å². The van der Waals surface area contributed by atoms with Crippen LogP contribution in [0, 0.1) is 19.3 Å². The van der Waals surface area contributed by atoms with Crippen LogP contribution in [0.2, 0.25) is 0 Å². The first-order chi connectivity index (χ1) is 13.1. The SMILES string of the molecule is CCNC(=NCC1(CCOCC)CCCC1)NCCCc1c(C)noc1C. The molecule has 0 bridgehead atoms. The van der Waals surface area contributed by atoms with Crippen molar-refractivity contribution in [2.24, 2.45) is 10.4 Å². The van der Waals surface area contributed by atoms with Gasteiger partial charge in [0.1, 0.15) is 5.76 Å². The number of nitrogens with one attached hydrogen (secondary N) is 2. The quantitative estimate of drug-likeness (QED) is 0.348. The highest BCUT2D eigenvalue weighted by atomic mass is 16.5. The Morgan fingerprint density at radius 1 is 1.22 bits per heavy atom. The molecule has 6 heteroatoms. The predicted molar refractivity (Wildman–Crippen MR) is 110 cm³/mol. The Morgan fingerprint density at radius 3 is 2.63 bits per heavy atom. The van der Waals surface area contributed by atoms with Crippen LogP contribution in [0.1, 0.15) is 69.4 Å².